The fourth-order valence-corrected chi connectivity index (χ4v) is 3.36. The van der Waals surface area contributed by atoms with Crippen LogP contribution in [0.1, 0.15) is 53.0 Å². The Balaban J connectivity index is 2.98. The maximum absolute atomic E-state index is 12.3. The Morgan fingerprint density at radius 1 is 1.22 bits per heavy atom. The van der Waals surface area contributed by atoms with Crippen LogP contribution in [-0.4, -0.2) is 60.9 Å². The van der Waals surface area contributed by atoms with Gasteiger partial charge in [0, 0.05) is 19.6 Å². The summed E-state index contributed by atoms with van der Waals surface area (Å²) in [6.07, 6.45) is 0.361. The number of hydrogen-bond donors (Lipinski definition) is 4. The number of amides is 1. The molecule has 0 fully saturated rings. The van der Waals surface area contributed by atoms with Crippen LogP contribution in [0.2, 0.25) is 0 Å². The van der Waals surface area contributed by atoms with Crippen LogP contribution in [0, 0.1) is 11.8 Å². The Kier molecular flexibility index (Phi) is 11.8. The molecule has 0 spiro atoms. The molecule has 1 aromatic rings. The second kappa shape index (κ2) is 13.5. The van der Waals surface area contributed by atoms with E-state index in [0.29, 0.717) is 36.9 Å². The minimum Gasteiger partial charge on any atom is -0.493 e. The lowest BCUT2D eigenvalue weighted by Gasteiger charge is -2.31. The van der Waals surface area contributed by atoms with Gasteiger partial charge in [0.15, 0.2) is 11.5 Å². The molecule has 5 N–H and O–H groups in total. The molecule has 0 aliphatic carbocycles. The van der Waals surface area contributed by atoms with Gasteiger partial charge in [0.2, 0.25) is 0 Å². The molecule has 1 aromatic carbocycles. The highest BCUT2D eigenvalue weighted by Crippen LogP contribution is 2.31. The first-order valence-corrected chi connectivity index (χ1v) is 11.3. The zero-order valence-corrected chi connectivity index (χ0v) is 20.4. The summed E-state index contributed by atoms with van der Waals surface area (Å²) in [7, 11) is 1.59. The SMILES string of the molecule is COc1ccc(C[C@@H](C[C@H](NC(=O)OC(C)(C)C)[C@@H](O)CN)C(C)C)cc1OCCCO. The van der Waals surface area contributed by atoms with Crippen LogP contribution in [0.3, 0.4) is 0 Å². The average Bonchev–Trinajstić information content (AvgIpc) is 2.71. The number of ether oxygens (including phenoxy) is 3. The fourth-order valence-electron chi connectivity index (χ4n) is 3.36. The summed E-state index contributed by atoms with van der Waals surface area (Å²) in [5, 5.41) is 22.2. The number of nitrogens with two attached hydrogens (primary N) is 1. The molecule has 0 bridgehead atoms. The number of rotatable bonds is 13. The lowest BCUT2D eigenvalue weighted by atomic mass is 9.83. The molecular weight excluding hydrogens is 412 g/mol. The number of hydrogen-bond acceptors (Lipinski definition) is 7. The molecule has 0 aromatic heterocycles. The van der Waals surface area contributed by atoms with E-state index in [-0.39, 0.29) is 19.1 Å². The summed E-state index contributed by atoms with van der Waals surface area (Å²) < 4.78 is 16.5. The minimum atomic E-state index is -0.878. The molecule has 0 saturated carbocycles. The molecule has 1 rings (SSSR count). The third-order valence-electron chi connectivity index (χ3n) is 5.19. The molecule has 8 heteroatoms. The number of benzene rings is 1. The van der Waals surface area contributed by atoms with Crippen molar-refractivity contribution in [3.8, 4) is 11.5 Å². The van der Waals surface area contributed by atoms with E-state index < -0.39 is 23.8 Å². The van der Waals surface area contributed by atoms with Crippen molar-refractivity contribution in [2.45, 2.75) is 71.6 Å². The molecule has 0 saturated heterocycles. The third-order valence-corrected chi connectivity index (χ3v) is 5.19. The largest absolute Gasteiger partial charge is 0.493 e. The highest BCUT2D eigenvalue weighted by molar-refractivity contribution is 5.68. The summed E-state index contributed by atoms with van der Waals surface area (Å²) in [4.78, 5) is 12.3. The monoisotopic (exact) mass is 454 g/mol. The number of methoxy groups -OCH3 is 1. The number of aliphatic hydroxyl groups is 2. The lowest BCUT2D eigenvalue weighted by Crippen LogP contribution is -2.49. The first kappa shape index (κ1) is 28.0. The van der Waals surface area contributed by atoms with Gasteiger partial charge in [-0.3, -0.25) is 0 Å². The molecular formula is C24H42N2O6. The van der Waals surface area contributed by atoms with E-state index in [4.69, 9.17) is 25.1 Å². The van der Waals surface area contributed by atoms with Gasteiger partial charge in [-0.15, -0.1) is 0 Å². The molecule has 184 valence electrons. The summed E-state index contributed by atoms with van der Waals surface area (Å²) in [6.45, 7) is 10.1. The van der Waals surface area contributed by atoms with Gasteiger partial charge < -0.3 is 35.5 Å². The second-order valence-corrected chi connectivity index (χ2v) is 9.41. The standard InChI is InChI=1S/C24H42N2O6/c1-16(2)18(14-19(20(28)15-25)26-23(29)32-24(3,4)5)12-17-8-9-21(30-6)22(13-17)31-11-7-10-27/h8-9,13,16,18-20,27-28H,7,10-12,14-15,25H2,1-6H3,(H,26,29)/t18-,19-,20-/m0/s1. The summed E-state index contributed by atoms with van der Waals surface area (Å²) in [6, 6.07) is 5.27. The highest BCUT2D eigenvalue weighted by Gasteiger charge is 2.28. The Hall–Kier alpha value is -2.03. The normalized spacial score (nSPS) is 14.6. The number of aliphatic hydroxyl groups excluding tert-OH is 2. The molecule has 1 amide bonds. The molecule has 0 aliphatic rings. The fraction of sp³-hybridized carbons (Fsp3) is 0.708. The molecule has 3 atom stereocenters. The average molecular weight is 455 g/mol. The van der Waals surface area contributed by atoms with Crippen LogP contribution in [0.25, 0.3) is 0 Å². The van der Waals surface area contributed by atoms with Crippen molar-refractivity contribution < 1.29 is 29.2 Å². The quantitative estimate of drug-likeness (QED) is 0.338. The Labute approximate surface area is 192 Å². The maximum atomic E-state index is 12.3. The molecule has 0 aliphatic heterocycles. The van der Waals surface area contributed by atoms with Crippen LogP contribution < -0.4 is 20.5 Å². The first-order chi connectivity index (χ1) is 15.0. The lowest BCUT2D eigenvalue weighted by molar-refractivity contribution is 0.0400. The zero-order valence-electron chi connectivity index (χ0n) is 20.4. The van der Waals surface area contributed by atoms with E-state index in [1.165, 1.54) is 0 Å². The van der Waals surface area contributed by atoms with Gasteiger partial charge in [0.25, 0.3) is 0 Å². The van der Waals surface area contributed by atoms with Gasteiger partial charge in [0.05, 0.1) is 25.9 Å². The van der Waals surface area contributed by atoms with E-state index in [2.05, 4.69) is 19.2 Å². The summed E-state index contributed by atoms with van der Waals surface area (Å²) in [5.41, 5.74) is 6.13. The van der Waals surface area contributed by atoms with Gasteiger partial charge >= 0.3 is 6.09 Å². The van der Waals surface area contributed by atoms with E-state index in [0.717, 1.165) is 12.0 Å². The number of carbonyl (C=O) groups is 1. The van der Waals surface area contributed by atoms with Crippen molar-refractivity contribution >= 4 is 6.09 Å². The zero-order chi connectivity index (χ0) is 24.3. The van der Waals surface area contributed by atoms with Gasteiger partial charge in [-0.05, 0) is 63.1 Å². The summed E-state index contributed by atoms with van der Waals surface area (Å²) >= 11 is 0. The smallest absolute Gasteiger partial charge is 0.407 e. The highest BCUT2D eigenvalue weighted by atomic mass is 16.6. The predicted molar refractivity (Wildman–Crippen MR) is 125 cm³/mol. The van der Waals surface area contributed by atoms with Crippen molar-refractivity contribution in [2.75, 3.05) is 26.9 Å². The van der Waals surface area contributed by atoms with E-state index >= 15 is 0 Å². The molecule has 32 heavy (non-hydrogen) atoms. The van der Waals surface area contributed by atoms with Gasteiger partial charge in [0.1, 0.15) is 5.60 Å². The van der Waals surface area contributed by atoms with E-state index in [9.17, 15) is 9.90 Å². The van der Waals surface area contributed by atoms with Crippen LogP contribution in [0.5, 0.6) is 11.5 Å². The number of nitrogens with one attached hydrogen (secondary N) is 1. The Morgan fingerprint density at radius 2 is 1.91 bits per heavy atom. The molecule has 0 unspecified atom stereocenters. The molecule has 0 radical (unpaired) electrons. The first-order valence-electron chi connectivity index (χ1n) is 11.3. The Bertz CT molecular complexity index is 690. The van der Waals surface area contributed by atoms with E-state index in [1.54, 1.807) is 27.9 Å². The van der Waals surface area contributed by atoms with Crippen LogP contribution in [-0.2, 0) is 11.2 Å². The minimum absolute atomic E-state index is 0.0384. The van der Waals surface area contributed by atoms with Gasteiger partial charge in [-0.1, -0.05) is 19.9 Å². The molecule has 0 heterocycles. The third kappa shape index (κ3) is 10.1. The second-order valence-electron chi connectivity index (χ2n) is 9.41. The number of alkyl carbamates (subject to hydrolysis) is 1. The van der Waals surface area contributed by atoms with Crippen molar-refractivity contribution in [1.29, 1.82) is 0 Å². The predicted octanol–water partition coefficient (Wildman–Crippen LogP) is 2.87. The maximum Gasteiger partial charge on any atom is 0.407 e. The van der Waals surface area contributed by atoms with Crippen LogP contribution in [0.4, 0.5) is 4.79 Å². The Morgan fingerprint density at radius 3 is 2.44 bits per heavy atom. The van der Waals surface area contributed by atoms with Crippen LogP contribution >= 0.6 is 0 Å². The van der Waals surface area contributed by atoms with Crippen molar-refractivity contribution in [2.24, 2.45) is 17.6 Å². The molecule has 8 nitrogen and oxygen atoms in total. The topological polar surface area (TPSA) is 123 Å². The van der Waals surface area contributed by atoms with Crippen molar-refractivity contribution in [1.82, 2.24) is 5.32 Å². The van der Waals surface area contributed by atoms with Crippen molar-refractivity contribution in [3.63, 3.8) is 0 Å². The number of carbonyl (C=O) groups excluding carboxylic acids is 1. The van der Waals surface area contributed by atoms with Crippen LogP contribution in [0.15, 0.2) is 18.2 Å². The summed E-state index contributed by atoms with van der Waals surface area (Å²) in [5.74, 6) is 1.72. The van der Waals surface area contributed by atoms with Gasteiger partial charge in [-0.2, -0.15) is 0 Å². The van der Waals surface area contributed by atoms with E-state index in [1.807, 2.05) is 18.2 Å². The van der Waals surface area contributed by atoms with Gasteiger partial charge in [-0.25, -0.2) is 4.79 Å². The van der Waals surface area contributed by atoms with Crippen molar-refractivity contribution in [3.05, 3.63) is 23.8 Å².